The number of rotatable bonds is 0. The van der Waals surface area contributed by atoms with Crippen molar-refractivity contribution in [3.63, 3.8) is 0 Å². The Hall–Kier alpha value is -1.03. The zero-order chi connectivity index (χ0) is 13.6. The van der Waals surface area contributed by atoms with E-state index in [-0.39, 0.29) is 0 Å². The average molecular weight is 313 g/mol. The van der Waals surface area contributed by atoms with Gasteiger partial charge in [0, 0.05) is 0 Å². The van der Waals surface area contributed by atoms with Crippen molar-refractivity contribution in [1.82, 2.24) is 0 Å². The molecule has 0 bridgehead atoms. The van der Waals surface area contributed by atoms with Crippen LogP contribution in [0.4, 0.5) is 0 Å². The lowest BCUT2D eigenvalue weighted by molar-refractivity contribution is 0.592. The van der Waals surface area contributed by atoms with Crippen molar-refractivity contribution in [2.75, 3.05) is 0 Å². The fraction of sp³-hybridized carbons (Fsp3) is 0.143. The van der Waals surface area contributed by atoms with Gasteiger partial charge in [-0.05, 0) is 22.3 Å². The van der Waals surface area contributed by atoms with Crippen LogP contribution in [0, 0.1) is 0 Å². The summed E-state index contributed by atoms with van der Waals surface area (Å²) >= 11 is 12.3. The first-order valence-corrected chi connectivity index (χ1v) is 8.21. The van der Waals surface area contributed by atoms with Crippen molar-refractivity contribution in [3.8, 4) is 11.1 Å². The highest BCUT2D eigenvalue weighted by atomic mass is 35.5. The molecule has 0 unspecified atom stereocenters. The van der Waals surface area contributed by atoms with E-state index in [9.17, 15) is 8.42 Å². The predicted octanol–water partition coefficient (Wildman–Crippen LogP) is 4.26. The van der Waals surface area contributed by atoms with Gasteiger partial charge in [-0.25, -0.2) is 8.42 Å². The van der Waals surface area contributed by atoms with E-state index >= 15 is 0 Å². The molecule has 1 heterocycles. The normalized spacial score (nSPS) is 24.1. The number of hydrogen-bond donors (Lipinski definition) is 0. The molecule has 0 amide bonds. The van der Waals surface area contributed by atoms with Crippen molar-refractivity contribution in [2.24, 2.45) is 0 Å². The first kappa shape index (κ1) is 13.0. The Morgan fingerprint density at radius 1 is 0.737 bits per heavy atom. The lowest BCUT2D eigenvalue weighted by atomic mass is 9.97. The third-order valence-corrected chi connectivity index (χ3v) is 6.90. The molecule has 2 aromatic rings. The number of benzene rings is 2. The molecule has 0 radical (unpaired) electrons. The van der Waals surface area contributed by atoms with Gasteiger partial charge in [0.05, 0.1) is 0 Å². The highest BCUT2D eigenvalue weighted by Crippen LogP contribution is 2.48. The van der Waals surface area contributed by atoms with Gasteiger partial charge >= 0.3 is 0 Å². The Bertz CT molecular complexity index is 683. The maximum absolute atomic E-state index is 12.4. The fourth-order valence-electron chi connectivity index (χ4n) is 2.34. The molecular weight excluding hydrogens is 303 g/mol. The topological polar surface area (TPSA) is 34.1 Å². The molecule has 0 aliphatic carbocycles. The summed E-state index contributed by atoms with van der Waals surface area (Å²) in [6.07, 6.45) is 0. The largest absolute Gasteiger partial charge is 0.225 e. The van der Waals surface area contributed by atoms with E-state index in [1.54, 1.807) is 24.3 Å². The minimum atomic E-state index is -3.67. The molecule has 2 aromatic carbocycles. The van der Waals surface area contributed by atoms with E-state index in [1.807, 2.05) is 24.3 Å². The van der Waals surface area contributed by atoms with E-state index in [0.29, 0.717) is 11.1 Å². The Labute approximate surface area is 121 Å². The molecule has 0 saturated carbocycles. The average Bonchev–Trinajstić information content (AvgIpc) is 2.50. The van der Waals surface area contributed by atoms with Crippen LogP contribution in [0.25, 0.3) is 11.1 Å². The highest BCUT2D eigenvalue weighted by molar-refractivity contribution is 7.94. The van der Waals surface area contributed by atoms with Gasteiger partial charge in [0.25, 0.3) is 0 Å². The number of fused-ring (bicyclic) bond motifs is 3. The summed E-state index contributed by atoms with van der Waals surface area (Å²) in [5, 5.41) is 0. The minimum Gasteiger partial charge on any atom is -0.225 e. The lowest BCUT2D eigenvalue weighted by Gasteiger charge is -2.13. The molecule has 2 nitrogen and oxygen atoms in total. The van der Waals surface area contributed by atoms with Crippen LogP contribution in [0.3, 0.4) is 0 Å². The van der Waals surface area contributed by atoms with E-state index in [1.165, 1.54) is 0 Å². The van der Waals surface area contributed by atoms with Crippen LogP contribution >= 0.6 is 23.2 Å². The number of halogens is 2. The first-order valence-electron chi connectivity index (χ1n) is 5.72. The molecule has 0 N–H and O–H groups in total. The molecule has 0 aromatic heterocycles. The standard InChI is InChI=1S/C14H10Cl2O2S/c15-13-11-7-3-1-5-9(11)10-6-2-4-8-12(10)14(16)19(13,17)18/h1-8,13-14H/t13-,14-/m1/s1. The molecule has 19 heavy (non-hydrogen) atoms. The van der Waals surface area contributed by atoms with Crippen molar-refractivity contribution in [3.05, 3.63) is 59.7 Å². The third kappa shape index (κ3) is 1.88. The molecule has 0 spiro atoms. The SMILES string of the molecule is O=S1(=O)[C@@H](Cl)c2ccccc2-c2ccccc2[C@@H]1Cl. The minimum absolute atomic E-state index is 0.583. The predicted molar refractivity (Wildman–Crippen MR) is 78.0 cm³/mol. The van der Waals surface area contributed by atoms with Gasteiger partial charge in [0.15, 0.2) is 19.3 Å². The van der Waals surface area contributed by atoms with Crippen LogP contribution < -0.4 is 0 Å². The van der Waals surface area contributed by atoms with E-state index in [0.717, 1.165) is 11.1 Å². The van der Waals surface area contributed by atoms with Crippen molar-refractivity contribution in [2.45, 2.75) is 9.42 Å². The second-order valence-electron chi connectivity index (χ2n) is 4.40. The molecule has 0 fully saturated rings. The zero-order valence-electron chi connectivity index (χ0n) is 9.75. The smallest absolute Gasteiger partial charge is 0.192 e. The second-order valence-corrected chi connectivity index (χ2v) is 7.91. The van der Waals surface area contributed by atoms with E-state index in [4.69, 9.17) is 23.2 Å². The van der Waals surface area contributed by atoms with Gasteiger partial charge in [-0.15, -0.1) is 23.2 Å². The third-order valence-electron chi connectivity index (χ3n) is 3.28. The van der Waals surface area contributed by atoms with Crippen LogP contribution in [-0.2, 0) is 9.84 Å². The quantitative estimate of drug-likeness (QED) is 0.681. The molecule has 1 aliphatic heterocycles. The van der Waals surface area contributed by atoms with Gasteiger partial charge in [0.1, 0.15) is 0 Å². The molecule has 98 valence electrons. The van der Waals surface area contributed by atoms with Gasteiger partial charge < -0.3 is 0 Å². The lowest BCUT2D eigenvalue weighted by Crippen LogP contribution is -2.12. The maximum Gasteiger partial charge on any atom is 0.192 e. The second kappa shape index (κ2) is 4.51. The highest BCUT2D eigenvalue weighted by Gasteiger charge is 2.39. The number of alkyl halides is 2. The van der Waals surface area contributed by atoms with E-state index in [2.05, 4.69) is 0 Å². The fourth-order valence-corrected chi connectivity index (χ4v) is 4.82. The zero-order valence-corrected chi connectivity index (χ0v) is 12.1. The van der Waals surface area contributed by atoms with Crippen molar-refractivity contribution >= 4 is 33.0 Å². The Morgan fingerprint density at radius 2 is 1.11 bits per heavy atom. The molecule has 0 saturated heterocycles. The summed E-state index contributed by atoms with van der Waals surface area (Å²) in [4.78, 5) is 0. The van der Waals surface area contributed by atoms with Crippen molar-refractivity contribution < 1.29 is 8.42 Å². The monoisotopic (exact) mass is 312 g/mol. The Morgan fingerprint density at radius 3 is 1.53 bits per heavy atom. The summed E-state index contributed by atoms with van der Waals surface area (Å²) in [6.45, 7) is 0. The number of sulfone groups is 1. The van der Waals surface area contributed by atoms with Crippen LogP contribution in [0.2, 0.25) is 0 Å². The van der Waals surface area contributed by atoms with E-state index < -0.39 is 19.3 Å². The molecule has 2 atom stereocenters. The van der Waals surface area contributed by atoms with Crippen LogP contribution in [-0.4, -0.2) is 8.42 Å². The molecule has 5 heteroatoms. The van der Waals surface area contributed by atoms with Crippen LogP contribution in [0.15, 0.2) is 48.5 Å². The molecule has 3 rings (SSSR count). The van der Waals surface area contributed by atoms with Crippen LogP contribution in [0.5, 0.6) is 0 Å². The molecular formula is C14H10Cl2O2S. The Balaban J connectivity index is 2.44. The molecule has 1 aliphatic rings. The summed E-state index contributed by atoms with van der Waals surface area (Å²) in [5.74, 6) is 0. The maximum atomic E-state index is 12.4. The first-order chi connectivity index (χ1) is 9.03. The van der Waals surface area contributed by atoms with Gasteiger partial charge in [-0.2, -0.15) is 0 Å². The van der Waals surface area contributed by atoms with Gasteiger partial charge in [0.2, 0.25) is 0 Å². The Kier molecular flexibility index (Phi) is 3.08. The summed E-state index contributed by atoms with van der Waals surface area (Å²) in [6, 6.07) is 14.5. The van der Waals surface area contributed by atoms with Crippen molar-refractivity contribution in [1.29, 1.82) is 0 Å². The summed E-state index contributed by atoms with van der Waals surface area (Å²) < 4.78 is 22.5. The van der Waals surface area contributed by atoms with Crippen LogP contribution in [0.1, 0.15) is 20.5 Å². The van der Waals surface area contributed by atoms with Gasteiger partial charge in [-0.3, -0.25) is 0 Å². The summed E-state index contributed by atoms with van der Waals surface area (Å²) in [5.41, 5.74) is 2.81. The van der Waals surface area contributed by atoms with Gasteiger partial charge in [-0.1, -0.05) is 48.5 Å². The number of hydrogen-bond acceptors (Lipinski definition) is 2. The summed E-state index contributed by atoms with van der Waals surface area (Å²) in [7, 11) is -3.67.